The van der Waals surface area contributed by atoms with E-state index in [2.05, 4.69) is 29.0 Å². The molecule has 0 amide bonds. The summed E-state index contributed by atoms with van der Waals surface area (Å²) in [5.74, 6) is 0. The number of pyridine rings is 1. The number of nitrogen functional groups attached to an aromatic ring is 1. The Morgan fingerprint density at radius 1 is 1.08 bits per heavy atom. The van der Waals surface area contributed by atoms with Crippen molar-refractivity contribution in [2.75, 3.05) is 17.7 Å². The monoisotopic (exact) mass is 317 g/mol. The predicted molar refractivity (Wildman–Crippen MR) is 102 cm³/mol. The fourth-order valence-electron chi connectivity index (χ4n) is 3.64. The zero-order valence-electron chi connectivity index (χ0n) is 14.1. The van der Waals surface area contributed by atoms with Crippen LogP contribution in [-0.4, -0.2) is 11.6 Å². The van der Waals surface area contributed by atoms with E-state index in [0.717, 1.165) is 38.9 Å². The SMILES string of the molecule is C=C1C=C(C)c2c(ccc3c(=O)c4ccc(N)cc4n(C)c23)N1C. The summed E-state index contributed by atoms with van der Waals surface area (Å²) >= 11 is 0. The molecule has 2 heterocycles. The van der Waals surface area contributed by atoms with E-state index in [4.69, 9.17) is 5.73 Å². The smallest absolute Gasteiger partial charge is 0.197 e. The molecule has 0 atom stereocenters. The van der Waals surface area contributed by atoms with Crippen LogP contribution in [0.1, 0.15) is 12.5 Å². The lowest BCUT2D eigenvalue weighted by atomic mass is 9.95. The van der Waals surface area contributed by atoms with Crippen LogP contribution in [0.2, 0.25) is 0 Å². The summed E-state index contributed by atoms with van der Waals surface area (Å²) in [6, 6.07) is 9.36. The van der Waals surface area contributed by atoms with Gasteiger partial charge in [0.15, 0.2) is 5.43 Å². The number of allylic oxidation sites excluding steroid dienone is 2. The number of anilines is 2. The Hall–Kier alpha value is -3.01. The minimum atomic E-state index is 0.0424. The molecular formula is C20H19N3O. The average molecular weight is 317 g/mol. The highest BCUT2D eigenvalue weighted by molar-refractivity contribution is 6.04. The molecule has 24 heavy (non-hydrogen) atoms. The second-order valence-corrected chi connectivity index (χ2v) is 6.40. The summed E-state index contributed by atoms with van der Waals surface area (Å²) in [6.45, 7) is 6.15. The van der Waals surface area contributed by atoms with E-state index in [-0.39, 0.29) is 5.43 Å². The van der Waals surface area contributed by atoms with Crippen LogP contribution in [0.25, 0.3) is 27.4 Å². The molecule has 4 heteroatoms. The van der Waals surface area contributed by atoms with Gasteiger partial charge >= 0.3 is 0 Å². The molecule has 1 aromatic heterocycles. The Labute approximate surface area is 140 Å². The number of hydrogen-bond acceptors (Lipinski definition) is 3. The lowest BCUT2D eigenvalue weighted by Gasteiger charge is -2.29. The molecule has 0 bridgehead atoms. The van der Waals surface area contributed by atoms with Crippen LogP contribution in [0.5, 0.6) is 0 Å². The van der Waals surface area contributed by atoms with Gasteiger partial charge in [-0.3, -0.25) is 4.79 Å². The summed E-state index contributed by atoms with van der Waals surface area (Å²) in [7, 11) is 3.98. The second-order valence-electron chi connectivity index (χ2n) is 6.40. The number of benzene rings is 2. The molecule has 1 aliphatic heterocycles. The molecule has 2 aromatic carbocycles. The molecule has 2 N–H and O–H groups in total. The number of nitrogens with zero attached hydrogens (tertiary/aromatic N) is 2. The van der Waals surface area contributed by atoms with Crippen LogP contribution in [0.15, 0.2) is 53.5 Å². The second kappa shape index (κ2) is 4.74. The molecule has 0 unspecified atom stereocenters. The number of aromatic nitrogens is 1. The van der Waals surface area contributed by atoms with Gasteiger partial charge in [0.2, 0.25) is 0 Å². The first kappa shape index (κ1) is 14.6. The number of aryl methyl sites for hydroxylation is 1. The molecular weight excluding hydrogens is 298 g/mol. The van der Waals surface area contributed by atoms with E-state index in [9.17, 15) is 4.79 Å². The van der Waals surface area contributed by atoms with Gasteiger partial charge in [0.1, 0.15) is 0 Å². The first-order chi connectivity index (χ1) is 11.4. The normalized spacial score (nSPS) is 14.2. The van der Waals surface area contributed by atoms with E-state index >= 15 is 0 Å². The molecule has 1 aliphatic rings. The summed E-state index contributed by atoms with van der Waals surface area (Å²) in [5.41, 5.74) is 12.6. The maximum absolute atomic E-state index is 13.0. The maximum atomic E-state index is 13.0. The summed E-state index contributed by atoms with van der Waals surface area (Å²) in [5, 5.41) is 1.41. The van der Waals surface area contributed by atoms with Gasteiger partial charge in [0, 0.05) is 41.8 Å². The van der Waals surface area contributed by atoms with E-state index in [1.165, 1.54) is 0 Å². The Morgan fingerprint density at radius 3 is 2.54 bits per heavy atom. The number of fused-ring (bicyclic) bond motifs is 4. The van der Waals surface area contributed by atoms with Crippen LogP contribution < -0.4 is 16.1 Å². The number of nitrogens with two attached hydrogens (primary N) is 1. The highest BCUT2D eigenvalue weighted by Crippen LogP contribution is 2.39. The Kier molecular flexibility index (Phi) is 2.88. The molecule has 4 nitrogen and oxygen atoms in total. The van der Waals surface area contributed by atoms with Crippen molar-refractivity contribution in [1.82, 2.24) is 4.57 Å². The van der Waals surface area contributed by atoms with Crippen molar-refractivity contribution in [2.24, 2.45) is 7.05 Å². The fourth-order valence-corrected chi connectivity index (χ4v) is 3.64. The van der Waals surface area contributed by atoms with Crippen molar-refractivity contribution in [2.45, 2.75) is 6.92 Å². The average Bonchev–Trinajstić information content (AvgIpc) is 2.56. The molecule has 3 aromatic rings. The van der Waals surface area contributed by atoms with Gasteiger partial charge in [0.25, 0.3) is 0 Å². The molecule has 0 fully saturated rings. The molecule has 120 valence electrons. The van der Waals surface area contributed by atoms with Gasteiger partial charge in [-0.05, 0) is 48.9 Å². The summed E-state index contributed by atoms with van der Waals surface area (Å²) in [4.78, 5) is 15.0. The minimum Gasteiger partial charge on any atom is -0.399 e. The third kappa shape index (κ3) is 1.77. The zero-order chi connectivity index (χ0) is 17.2. The minimum absolute atomic E-state index is 0.0424. The quantitative estimate of drug-likeness (QED) is 0.509. The molecule has 4 rings (SSSR count). The Bertz CT molecular complexity index is 1140. The zero-order valence-corrected chi connectivity index (χ0v) is 14.1. The van der Waals surface area contributed by atoms with Gasteiger partial charge in [0.05, 0.1) is 16.7 Å². The van der Waals surface area contributed by atoms with Crippen molar-refractivity contribution < 1.29 is 0 Å². The van der Waals surface area contributed by atoms with E-state index < -0.39 is 0 Å². The van der Waals surface area contributed by atoms with Gasteiger partial charge in [-0.2, -0.15) is 0 Å². The van der Waals surface area contributed by atoms with E-state index in [0.29, 0.717) is 11.1 Å². The van der Waals surface area contributed by atoms with E-state index in [1.54, 1.807) is 6.07 Å². The standard InChI is InChI=1S/C20H19N3O/c1-11-9-12(2)22(3)16-8-7-15-19(18(11)16)23(4)17-10-13(21)5-6-14(17)20(15)24/h5-10H,2,21H2,1,3-4H3. The van der Waals surface area contributed by atoms with E-state index in [1.807, 2.05) is 38.4 Å². The van der Waals surface area contributed by atoms with Crippen molar-refractivity contribution in [1.29, 1.82) is 0 Å². The van der Waals surface area contributed by atoms with Crippen LogP contribution in [0, 0.1) is 0 Å². The maximum Gasteiger partial charge on any atom is 0.197 e. The lowest BCUT2D eigenvalue weighted by Crippen LogP contribution is -2.21. The van der Waals surface area contributed by atoms with Crippen LogP contribution in [0.4, 0.5) is 11.4 Å². The van der Waals surface area contributed by atoms with Crippen molar-refractivity contribution in [3.8, 4) is 0 Å². The first-order valence-corrected chi connectivity index (χ1v) is 7.86. The number of likely N-dealkylation sites (N-methyl/N-ethyl adjacent to an activating group) is 1. The molecule has 0 saturated heterocycles. The van der Waals surface area contributed by atoms with Crippen LogP contribution >= 0.6 is 0 Å². The number of rotatable bonds is 0. The summed E-state index contributed by atoms with van der Waals surface area (Å²) < 4.78 is 2.07. The molecule has 0 aliphatic carbocycles. The van der Waals surface area contributed by atoms with Crippen molar-refractivity contribution in [3.05, 3.63) is 64.5 Å². The Morgan fingerprint density at radius 2 is 1.79 bits per heavy atom. The molecule has 0 spiro atoms. The van der Waals surface area contributed by atoms with Crippen LogP contribution in [0.3, 0.4) is 0 Å². The largest absolute Gasteiger partial charge is 0.399 e. The Balaban J connectivity index is 2.28. The van der Waals surface area contributed by atoms with Crippen molar-refractivity contribution in [3.63, 3.8) is 0 Å². The van der Waals surface area contributed by atoms with Gasteiger partial charge < -0.3 is 15.2 Å². The lowest BCUT2D eigenvalue weighted by molar-refractivity contribution is 0.996. The highest BCUT2D eigenvalue weighted by atomic mass is 16.1. The van der Waals surface area contributed by atoms with Crippen molar-refractivity contribution >= 4 is 38.8 Å². The summed E-state index contributed by atoms with van der Waals surface area (Å²) in [6.07, 6.45) is 2.05. The predicted octanol–water partition coefficient (Wildman–Crippen LogP) is 3.64. The first-order valence-electron chi connectivity index (χ1n) is 7.86. The molecule has 0 radical (unpaired) electrons. The molecule has 0 saturated carbocycles. The third-order valence-electron chi connectivity index (χ3n) is 4.93. The topological polar surface area (TPSA) is 51.3 Å². The van der Waals surface area contributed by atoms with Gasteiger partial charge in [-0.15, -0.1) is 0 Å². The number of hydrogen-bond donors (Lipinski definition) is 1. The van der Waals surface area contributed by atoms with Gasteiger partial charge in [-0.1, -0.05) is 6.58 Å². The third-order valence-corrected chi connectivity index (χ3v) is 4.93. The highest BCUT2D eigenvalue weighted by Gasteiger charge is 2.22. The van der Waals surface area contributed by atoms with Gasteiger partial charge in [-0.25, -0.2) is 0 Å². The fraction of sp³-hybridized carbons (Fsp3) is 0.150. The van der Waals surface area contributed by atoms with Crippen LogP contribution in [-0.2, 0) is 7.05 Å².